The third-order valence-electron chi connectivity index (χ3n) is 5.13. The molecule has 0 aliphatic heterocycles. The first-order valence-corrected chi connectivity index (χ1v) is 11.4. The largest absolute Gasteiger partial charge is 0.455 e. The first kappa shape index (κ1) is 22.6. The maximum atomic E-state index is 12.9. The fraction of sp³-hybridized carbons (Fsp3) is 0.174. The van der Waals surface area contributed by atoms with Gasteiger partial charge in [0.25, 0.3) is 11.8 Å². The average Bonchev–Trinajstić information content (AvgIpc) is 3.13. The smallest absolute Gasteiger partial charge is 0.291 e. The second-order valence-corrected chi connectivity index (χ2v) is 8.97. The number of carbonyl (C=O) groups is 2. The third kappa shape index (κ3) is 4.60. The molecule has 1 aliphatic rings. The van der Waals surface area contributed by atoms with Gasteiger partial charge in [-0.1, -0.05) is 45.2 Å². The van der Waals surface area contributed by atoms with Gasteiger partial charge in [-0.2, -0.15) is 5.10 Å². The van der Waals surface area contributed by atoms with Crippen molar-refractivity contribution in [2.75, 3.05) is 5.32 Å². The van der Waals surface area contributed by atoms with Crippen LogP contribution in [0.5, 0.6) is 0 Å². The van der Waals surface area contributed by atoms with E-state index in [2.05, 4.69) is 31.8 Å². The van der Waals surface area contributed by atoms with E-state index >= 15 is 0 Å². The Morgan fingerprint density at radius 3 is 2.56 bits per heavy atom. The zero-order chi connectivity index (χ0) is 22.8. The van der Waals surface area contributed by atoms with E-state index in [1.165, 1.54) is 0 Å². The number of benzene rings is 2. The SMILES string of the molecule is Cc1c(C(=O)Nc2cccc(Cl)c2Cl)oc2c1/C(=N/NC(=O)c1ccc(Br)cc1)CCC2. The molecular weight excluding hydrogens is 517 g/mol. The number of aryl methyl sites for hydroxylation is 1. The zero-order valence-corrected chi connectivity index (χ0v) is 20.1. The fourth-order valence-corrected chi connectivity index (χ4v) is 4.17. The number of carbonyl (C=O) groups excluding carboxylic acids is 2. The lowest BCUT2D eigenvalue weighted by molar-refractivity contribution is 0.0953. The molecule has 1 aliphatic carbocycles. The van der Waals surface area contributed by atoms with Crippen molar-refractivity contribution in [3.8, 4) is 0 Å². The first-order chi connectivity index (χ1) is 15.3. The molecule has 2 aromatic carbocycles. The minimum absolute atomic E-state index is 0.180. The quantitative estimate of drug-likeness (QED) is 0.381. The van der Waals surface area contributed by atoms with Gasteiger partial charge >= 0.3 is 0 Å². The van der Waals surface area contributed by atoms with E-state index in [9.17, 15) is 9.59 Å². The predicted molar refractivity (Wildman–Crippen MR) is 129 cm³/mol. The van der Waals surface area contributed by atoms with Crippen LogP contribution in [0, 0.1) is 6.92 Å². The summed E-state index contributed by atoms with van der Waals surface area (Å²) in [5.41, 5.74) is 5.60. The van der Waals surface area contributed by atoms with Gasteiger partial charge in [0.05, 0.1) is 21.4 Å². The molecule has 0 bridgehead atoms. The average molecular weight is 535 g/mol. The number of hydrogen-bond acceptors (Lipinski definition) is 4. The zero-order valence-electron chi connectivity index (χ0n) is 17.0. The summed E-state index contributed by atoms with van der Waals surface area (Å²) in [6.45, 7) is 1.80. The Labute approximate surface area is 203 Å². The minimum atomic E-state index is -0.431. The Morgan fingerprint density at radius 2 is 1.81 bits per heavy atom. The Bertz CT molecular complexity index is 1240. The molecule has 32 heavy (non-hydrogen) atoms. The van der Waals surface area contributed by atoms with E-state index in [1.54, 1.807) is 49.4 Å². The van der Waals surface area contributed by atoms with Gasteiger partial charge in [0, 0.05) is 27.6 Å². The van der Waals surface area contributed by atoms with Gasteiger partial charge in [0.1, 0.15) is 5.76 Å². The van der Waals surface area contributed by atoms with Gasteiger partial charge in [0.15, 0.2) is 5.76 Å². The molecule has 4 rings (SSSR count). The van der Waals surface area contributed by atoms with Gasteiger partial charge in [-0.15, -0.1) is 0 Å². The second kappa shape index (κ2) is 9.48. The Balaban J connectivity index is 1.57. The van der Waals surface area contributed by atoms with Gasteiger partial charge in [0.2, 0.25) is 0 Å². The Kier molecular flexibility index (Phi) is 6.69. The van der Waals surface area contributed by atoms with Crippen LogP contribution in [-0.2, 0) is 6.42 Å². The molecular formula is C23H18BrCl2N3O3. The molecule has 0 radical (unpaired) electrons. The molecule has 164 valence electrons. The molecule has 0 atom stereocenters. The fourth-order valence-electron chi connectivity index (χ4n) is 3.56. The van der Waals surface area contributed by atoms with Crippen molar-refractivity contribution in [2.45, 2.75) is 26.2 Å². The summed E-state index contributed by atoms with van der Waals surface area (Å²) in [6.07, 6.45) is 2.14. The van der Waals surface area contributed by atoms with Crippen LogP contribution in [0.1, 0.15) is 50.6 Å². The number of furan rings is 1. The molecule has 0 fully saturated rings. The summed E-state index contributed by atoms with van der Waals surface area (Å²) in [6, 6.07) is 12.0. The summed E-state index contributed by atoms with van der Waals surface area (Å²) in [5.74, 6) is 0.110. The van der Waals surface area contributed by atoms with Crippen LogP contribution in [0.3, 0.4) is 0 Å². The molecule has 2 N–H and O–H groups in total. The molecule has 9 heteroatoms. The monoisotopic (exact) mass is 533 g/mol. The lowest BCUT2D eigenvalue weighted by Gasteiger charge is -2.13. The predicted octanol–water partition coefficient (Wildman–Crippen LogP) is 6.38. The van der Waals surface area contributed by atoms with Crippen molar-refractivity contribution in [1.82, 2.24) is 5.43 Å². The summed E-state index contributed by atoms with van der Waals surface area (Å²) in [5, 5.41) is 7.69. The van der Waals surface area contributed by atoms with Crippen LogP contribution in [0.15, 0.2) is 56.5 Å². The number of nitrogens with zero attached hydrogens (tertiary/aromatic N) is 1. The molecule has 0 spiro atoms. The van der Waals surface area contributed by atoms with Crippen molar-refractivity contribution in [3.63, 3.8) is 0 Å². The second-order valence-electron chi connectivity index (χ2n) is 7.27. The van der Waals surface area contributed by atoms with Crippen LogP contribution in [0.2, 0.25) is 10.0 Å². The van der Waals surface area contributed by atoms with Crippen molar-refractivity contribution >= 4 is 62.3 Å². The van der Waals surface area contributed by atoms with Crippen molar-refractivity contribution in [3.05, 3.63) is 85.2 Å². The highest BCUT2D eigenvalue weighted by Crippen LogP contribution is 2.33. The Morgan fingerprint density at radius 1 is 1.06 bits per heavy atom. The number of fused-ring (bicyclic) bond motifs is 1. The van der Waals surface area contributed by atoms with Crippen LogP contribution < -0.4 is 10.7 Å². The highest BCUT2D eigenvalue weighted by atomic mass is 79.9. The number of hydrogen-bond donors (Lipinski definition) is 2. The third-order valence-corrected chi connectivity index (χ3v) is 6.48. The number of nitrogens with one attached hydrogen (secondary N) is 2. The lowest BCUT2D eigenvalue weighted by atomic mass is 9.93. The molecule has 0 saturated heterocycles. The molecule has 3 aromatic rings. The highest BCUT2D eigenvalue weighted by Gasteiger charge is 2.28. The van der Waals surface area contributed by atoms with E-state index in [0.29, 0.717) is 46.2 Å². The summed E-state index contributed by atoms with van der Waals surface area (Å²) in [7, 11) is 0. The first-order valence-electron chi connectivity index (χ1n) is 9.85. The van der Waals surface area contributed by atoms with Gasteiger partial charge < -0.3 is 9.73 Å². The maximum absolute atomic E-state index is 12.9. The lowest BCUT2D eigenvalue weighted by Crippen LogP contribution is -2.22. The number of rotatable bonds is 4. The molecule has 1 heterocycles. The molecule has 0 unspecified atom stereocenters. The molecule has 6 nitrogen and oxygen atoms in total. The maximum Gasteiger partial charge on any atom is 0.291 e. The molecule has 1 aromatic heterocycles. The van der Waals surface area contributed by atoms with Crippen LogP contribution >= 0.6 is 39.1 Å². The normalized spacial score (nSPS) is 14.2. The van der Waals surface area contributed by atoms with E-state index < -0.39 is 5.91 Å². The summed E-state index contributed by atoms with van der Waals surface area (Å²) in [4.78, 5) is 25.3. The number of amides is 2. The van der Waals surface area contributed by atoms with Crippen LogP contribution in [0.25, 0.3) is 0 Å². The van der Waals surface area contributed by atoms with Gasteiger partial charge in [-0.25, -0.2) is 5.43 Å². The highest BCUT2D eigenvalue weighted by molar-refractivity contribution is 9.10. The topological polar surface area (TPSA) is 83.7 Å². The van der Waals surface area contributed by atoms with Crippen LogP contribution in [-0.4, -0.2) is 17.5 Å². The molecule has 2 amide bonds. The van der Waals surface area contributed by atoms with E-state index in [4.69, 9.17) is 27.6 Å². The minimum Gasteiger partial charge on any atom is -0.455 e. The van der Waals surface area contributed by atoms with Crippen molar-refractivity contribution < 1.29 is 14.0 Å². The number of halogens is 3. The van der Waals surface area contributed by atoms with E-state index in [-0.39, 0.29) is 16.7 Å². The summed E-state index contributed by atoms with van der Waals surface area (Å²) < 4.78 is 6.77. The number of hydrazone groups is 1. The van der Waals surface area contributed by atoms with Crippen molar-refractivity contribution in [2.24, 2.45) is 5.10 Å². The van der Waals surface area contributed by atoms with Gasteiger partial charge in [-0.05, 0) is 56.2 Å². The Hall–Kier alpha value is -2.61. The molecule has 0 saturated carbocycles. The number of anilines is 1. The van der Waals surface area contributed by atoms with Gasteiger partial charge in [-0.3, -0.25) is 9.59 Å². The summed E-state index contributed by atoms with van der Waals surface area (Å²) >= 11 is 15.6. The van der Waals surface area contributed by atoms with E-state index in [1.807, 2.05) is 0 Å². The van der Waals surface area contributed by atoms with E-state index in [0.717, 1.165) is 16.5 Å². The standard InChI is InChI=1S/C23H18BrCl2N3O3/c1-12-19-16(28-29-22(30)13-8-10-14(24)11-9-13)5-3-7-18(19)32-21(12)23(31)27-17-6-2-4-15(25)20(17)26/h2,4,6,8-11H,3,5,7H2,1H3,(H,27,31)(H,29,30)/b28-16+. The van der Waals surface area contributed by atoms with Crippen LogP contribution in [0.4, 0.5) is 5.69 Å². The van der Waals surface area contributed by atoms with Crippen molar-refractivity contribution in [1.29, 1.82) is 0 Å².